The summed E-state index contributed by atoms with van der Waals surface area (Å²) in [7, 11) is 0. The lowest BCUT2D eigenvalue weighted by Gasteiger charge is -2.07. The van der Waals surface area contributed by atoms with Gasteiger partial charge in [0.05, 0.1) is 11.3 Å². The van der Waals surface area contributed by atoms with Crippen LogP contribution in [0.25, 0.3) is 11.3 Å². The van der Waals surface area contributed by atoms with Gasteiger partial charge in [-0.15, -0.1) is 11.3 Å². The van der Waals surface area contributed by atoms with Crippen molar-refractivity contribution < 1.29 is 18.7 Å². The number of aromatic nitrogens is 1. The zero-order chi connectivity index (χ0) is 19.4. The molecular formula is C20H17FN2O3S. The summed E-state index contributed by atoms with van der Waals surface area (Å²) in [5.74, 6) is -1.35. The molecule has 138 valence electrons. The van der Waals surface area contributed by atoms with Crippen LogP contribution in [-0.2, 0) is 9.53 Å². The number of anilines is 1. The van der Waals surface area contributed by atoms with Crippen LogP contribution in [-0.4, -0.2) is 23.5 Å². The number of carbonyl (C=O) groups excluding carboxylic acids is 2. The number of hydrogen-bond acceptors (Lipinski definition) is 5. The van der Waals surface area contributed by atoms with Gasteiger partial charge < -0.3 is 4.74 Å². The van der Waals surface area contributed by atoms with Gasteiger partial charge in [0.15, 0.2) is 11.7 Å². The Morgan fingerprint density at radius 2 is 1.89 bits per heavy atom. The van der Waals surface area contributed by atoms with Crippen LogP contribution in [0.5, 0.6) is 0 Å². The van der Waals surface area contributed by atoms with E-state index in [-0.39, 0.29) is 5.82 Å². The summed E-state index contributed by atoms with van der Waals surface area (Å²) in [6.45, 7) is 3.28. The number of halogens is 1. The Balaban J connectivity index is 1.57. The van der Waals surface area contributed by atoms with E-state index >= 15 is 0 Å². The Morgan fingerprint density at radius 1 is 1.15 bits per heavy atom. The highest BCUT2D eigenvalue weighted by molar-refractivity contribution is 7.14. The van der Waals surface area contributed by atoms with E-state index in [1.54, 1.807) is 23.6 Å². The first-order valence-electron chi connectivity index (χ1n) is 8.18. The fourth-order valence-electron chi connectivity index (χ4n) is 2.40. The van der Waals surface area contributed by atoms with E-state index in [2.05, 4.69) is 10.3 Å². The van der Waals surface area contributed by atoms with E-state index in [0.717, 1.165) is 16.7 Å². The van der Waals surface area contributed by atoms with Gasteiger partial charge in [0.1, 0.15) is 5.82 Å². The van der Waals surface area contributed by atoms with Crippen LogP contribution < -0.4 is 5.32 Å². The van der Waals surface area contributed by atoms with Crippen molar-refractivity contribution in [2.75, 3.05) is 11.9 Å². The maximum absolute atomic E-state index is 13.0. The molecule has 3 rings (SSSR count). The minimum atomic E-state index is -0.544. The summed E-state index contributed by atoms with van der Waals surface area (Å²) in [4.78, 5) is 28.4. The second-order valence-corrected chi connectivity index (χ2v) is 6.85. The number of ether oxygens (including phenoxy) is 1. The topological polar surface area (TPSA) is 68.3 Å². The van der Waals surface area contributed by atoms with Gasteiger partial charge in [-0.3, -0.25) is 10.1 Å². The number of esters is 1. The van der Waals surface area contributed by atoms with Crippen LogP contribution >= 0.6 is 11.3 Å². The molecule has 0 unspecified atom stereocenters. The normalized spacial score (nSPS) is 10.5. The minimum Gasteiger partial charge on any atom is -0.452 e. The summed E-state index contributed by atoms with van der Waals surface area (Å²) in [5.41, 5.74) is 3.54. The molecule has 2 aromatic carbocycles. The van der Waals surface area contributed by atoms with Crippen molar-refractivity contribution in [1.29, 1.82) is 0 Å². The summed E-state index contributed by atoms with van der Waals surface area (Å²) in [6, 6.07) is 11.4. The van der Waals surface area contributed by atoms with Gasteiger partial charge in [-0.25, -0.2) is 14.2 Å². The summed E-state index contributed by atoms with van der Waals surface area (Å²) in [5, 5.41) is 4.73. The molecule has 0 atom stereocenters. The van der Waals surface area contributed by atoms with Crippen LogP contribution in [0.1, 0.15) is 21.5 Å². The Labute approximate surface area is 159 Å². The average molecular weight is 384 g/mol. The molecule has 5 nitrogen and oxygen atoms in total. The zero-order valence-corrected chi connectivity index (χ0v) is 15.6. The quantitative estimate of drug-likeness (QED) is 0.664. The Bertz CT molecular complexity index is 983. The Hall–Kier alpha value is -3.06. The Morgan fingerprint density at radius 3 is 2.63 bits per heavy atom. The molecule has 1 aromatic heterocycles. The van der Waals surface area contributed by atoms with Crippen LogP contribution in [0.2, 0.25) is 0 Å². The van der Waals surface area contributed by atoms with Gasteiger partial charge in [-0.05, 0) is 49.7 Å². The minimum absolute atomic E-state index is 0.326. The van der Waals surface area contributed by atoms with E-state index in [9.17, 15) is 14.0 Å². The van der Waals surface area contributed by atoms with Gasteiger partial charge in [0.2, 0.25) is 0 Å². The smallest absolute Gasteiger partial charge is 0.338 e. The first-order valence-corrected chi connectivity index (χ1v) is 9.06. The van der Waals surface area contributed by atoms with E-state index in [4.69, 9.17) is 4.74 Å². The molecule has 0 fully saturated rings. The van der Waals surface area contributed by atoms with Crippen molar-refractivity contribution in [3.8, 4) is 11.3 Å². The van der Waals surface area contributed by atoms with E-state index in [1.807, 2.05) is 26.0 Å². The summed E-state index contributed by atoms with van der Waals surface area (Å²) < 4.78 is 18.1. The maximum atomic E-state index is 13.0. The number of rotatable bonds is 5. The molecule has 1 N–H and O–H groups in total. The third-order valence-corrected chi connectivity index (χ3v) is 4.60. The lowest BCUT2D eigenvalue weighted by molar-refractivity contribution is -0.119. The SMILES string of the molecule is Cc1ccc(C)c(C(=O)OCC(=O)Nc2nc(-c3ccc(F)cc3)cs2)c1. The second-order valence-electron chi connectivity index (χ2n) is 5.99. The van der Waals surface area contributed by atoms with Gasteiger partial charge in [-0.2, -0.15) is 0 Å². The number of carbonyl (C=O) groups is 2. The van der Waals surface area contributed by atoms with E-state index in [0.29, 0.717) is 16.4 Å². The van der Waals surface area contributed by atoms with Crippen LogP contribution in [0.3, 0.4) is 0 Å². The predicted octanol–water partition coefficient (Wildman–Crippen LogP) is 4.36. The van der Waals surface area contributed by atoms with Crippen molar-refractivity contribution in [2.24, 2.45) is 0 Å². The number of hydrogen-bond donors (Lipinski definition) is 1. The molecule has 0 bridgehead atoms. The number of thiazole rings is 1. The number of amides is 1. The lowest BCUT2D eigenvalue weighted by atomic mass is 10.1. The molecule has 0 aliphatic rings. The molecule has 0 spiro atoms. The van der Waals surface area contributed by atoms with Crippen molar-refractivity contribution in [2.45, 2.75) is 13.8 Å². The van der Waals surface area contributed by atoms with Crippen molar-refractivity contribution >= 4 is 28.3 Å². The lowest BCUT2D eigenvalue weighted by Crippen LogP contribution is -2.21. The molecule has 1 heterocycles. The molecular weight excluding hydrogens is 367 g/mol. The highest BCUT2D eigenvalue weighted by Gasteiger charge is 2.14. The van der Waals surface area contributed by atoms with Crippen molar-refractivity contribution in [3.63, 3.8) is 0 Å². The molecule has 0 saturated heterocycles. The fraction of sp³-hybridized carbons (Fsp3) is 0.150. The molecule has 0 saturated carbocycles. The number of benzene rings is 2. The molecule has 27 heavy (non-hydrogen) atoms. The van der Waals surface area contributed by atoms with Gasteiger partial charge >= 0.3 is 5.97 Å². The number of aryl methyl sites for hydroxylation is 2. The van der Waals surface area contributed by atoms with E-state index < -0.39 is 18.5 Å². The largest absolute Gasteiger partial charge is 0.452 e. The van der Waals surface area contributed by atoms with Crippen molar-refractivity contribution in [1.82, 2.24) is 4.98 Å². The summed E-state index contributed by atoms with van der Waals surface area (Å²) >= 11 is 1.23. The van der Waals surface area contributed by atoms with Crippen molar-refractivity contribution in [3.05, 3.63) is 70.4 Å². The Kier molecular flexibility index (Phi) is 5.61. The van der Waals surface area contributed by atoms with Gasteiger partial charge in [-0.1, -0.05) is 17.7 Å². The van der Waals surface area contributed by atoms with Crippen LogP contribution in [0.4, 0.5) is 9.52 Å². The van der Waals surface area contributed by atoms with Crippen LogP contribution in [0.15, 0.2) is 47.8 Å². The highest BCUT2D eigenvalue weighted by atomic mass is 32.1. The molecule has 0 aliphatic carbocycles. The molecule has 3 aromatic rings. The zero-order valence-electron chi connectivity index (χ0n) is 14.8. The number of nitrogens with zero attached hydrogens (tertiary/aromatic N) is 1. The molecule has 0 aliphatic heterocycles. The fourth-order valence-corrected chi connectivity index (χ4v) is 3.14. The van der Waals surface area contributed by atoms with Crippen LogP contribution in [0, 0.1) is 19.7 Å². The van der Waals surface area contributed by atoms with E-state index in [1.165, 1.54) is 23.5 Å². The average Bonchev–Trinajstić information content (AvgIpc) is 3.10. The maximum Gasteiger partial charge on any atom is 0.338 e. The molecule has 0 radical (unpaired) electrons. The third kappa shape index (κ3) is 4.77. The standard InChI is InChI=1S/C20H17FN2O3S/c1-12-3-4-13(2)16(9-12)19(25)26-10-18(24)23-20-22-17(11-27-20)14-5-7-15(21)8-6-14/h3-9,11H,10H2,1-2H3,(H,22,23,24). The predicted molar refractivity (Wildman–Crippen MR) is 102 cm³/mol. The highest BCUT2D eigenvalue weighted by Crippen LogP contribution is 2.25. The monoisotopic (exact) mass is 384 g/mol. The number of nitrogens with one attached hydrogen (secondary N) is 1. The van der Waals surface area contributed by atoms with Gasteiger partial charge in [0, 0.05) is 10.9 Å². The molecule has 1 amide bonds. The first kappa shape index (κ1) is 18.7. The third-order valence-electron chi connectivity index (χ3n) is 3.84. The second kappa shape index (κ2) is 8.09. The van der Waals surface area contributed by atoms with Gasteiger partial charge in [0.25, 0.3) is 5.91 Å². The first-order chi connectivity index (χ1) is 12.9. The molecule has 7 heteroatoms. The summed E-state index contributed by atoms with van der Waals surface area (Å²) in [6.07, 6.45) is 0.